The van der Waals surface area contributed by atoms with Crippen molar-refractivity contribution in [1.82, 2.24) is 9.97 Å². The third-order valence-electron chi connectivity index (χ3n) is 6.01. The summed E-state index contributed by atoms with van der Waals surface area (Å²) in [4.78, 5) is 10.1. The number of nitrogens with one attached hydrogen (secondary N) is 2. The van der Waals surface area contributed by atoms with Crippen LogP contribution in [0.25, 0.3) is 33.5 Å². The van der Waals surface area contributed by atoms with E-state index >= 15 is 0 Å². The molecule has 0 atom stereocenters. The summed E-state index contributed by atoms with van der Waals surface area (Å²) in [6.45, 7) is 0. The van der Waals surface area contributed by atoms with Gasteiger partial charge in [0.15, 0.2) is 0 Å². The van der Waals surface area contributed by atoms with Crippen molar-refractivity contribution in [2.45, 2.75) is 0 Å². The Morgan fingerprint density at radius 3 is 1.06 bits per heavy atom. The summed E-state index contributed by atoms with van der Waals surface area (Å²) in [6, 6.07) is 45.0. The van der Waals surface area contributed by atoms with Crippen LogP contribution in [0.2, 0.25) is 0 Å². The van der Waals surface area contributed by atoms with Gasteiger partial charge in [0.1, 0.15) is 0 Å². The van der Waals surface area contributed by atoms with Gasteiger partial charge >= 0.3 is 0 Å². The molecule has 0 unspecified atom stereocenters. The third-order valence-corrected chi connectivity index (χ3v) is 6.01. The van der Waals surface area contributed by atoms with Crippen molar-refractivity contribution in [3.05, 3.63) is 133 Å². The summed E-state index contributed by atoms with van der Waals surface area (Å²) in [6.07, 6.45) is 0. The van der Waals surface area contributed by atoms with Gasteiger partial charge in [-0.3, -0.25) is 0 Å². The Bertz CT molecular complexity index is 1470. The number of rotatable bonds is 6. The Labute approximate surface area is 210 Å². The SMILES string of the molecule is c1ccc(Nc2ccc(-c3nc4ccccc4nc3-c3ccc(Nc4ccccc4)cc3)cc2)cc1. The number of para-hydroxylation sites is 4. The Balaban J connectivity index is 1.36. The van der Waals surface area contributed by atoms with Crippen LogP contribution in [0.5, 0.6) is 0 Å². The van der Waals surface area contributed by atoms with Crippen LogP contribution in [0.3, 0.4) is 0 Å². The summed E-state index contributed by atoms with van der Waals surface area (Å²) >= 11 is 0. The van der Waals surface area contributed by atoms with Gasteiger partial charge in [0.25, 0.3) is 0 Å². The van der Waals surface area contributed by atoms with Gasteiger partial charge in [0.2, 0.25) is 0 Å². The zero-order valence-electron chi connectivity index (χ0n) is 19.6. The van der Waals surface area contributed by atoms with Crippen molar-refractivity contribution in [2.24, 2.45) is 0 Å². The predicted octanol–water partition coefficient (Wildman–Crippen LogP) is 8.45. The van der Waals surface area contributed by atoms with Crippen LogP contribution in [-0.4, -0.2) is 9.97 Å². The monoisotopic (exact) mass is 464 g/mol. The molecule has 5 aromatic carbocycles. The summed E-state index contributed by atoms with van der Waals surface area (Å²) < 4.78 is 0. The topological polar surface area (TPSA) is 49.8 Å². The number of aromatic nitrogens is 2. The fraction of sp³-hybridized carbons (Fsp3) is 0. The van der Waals surface area contributed by atoms with E-state index in [-0.39, 0.29) is 0 Å². The van der Waals surface area contributed by atoms with E-state index < -0.39 is 0 Å². The van der Waals surface area contributed by atoms with Gasteiger partial charge < -0.3 is 10.6 Å². The molecule has 0 saturated heterocycles. The molecule has 6 rings (SSSR count). The van der Waals surface area contributed by atoms with Crippen molar-refractivity contribution >= 4 is 33.8 Å². The van der Waals surface area contributed by atoms with Crippen molar-refractivity contribution in [3.63, 3.8) is 0 Å². The van der Waals surface area contributed by atoms with Crippen LogP contribution in [0.4, 0.5) is 22.7 Å². The molecule has 4 heteroatoms. The maximum absolute atomic E-state index is 5.03. The van der Waals surface area contributed by atoms with E-state index in [0.717, 1.165) is 56.3 Å². The largest absolute Gasteiger partial charge is 0.356 e. The van der Waals surface area contributed by atoms with Crippen LogP contribution >= 0.6 is 0 Å². The minimum absolute atomic E-state index is 0.865. The van der Waals surface area contributed by atoms with Crippen LogP contribution < -0.4 is 10.6 Å². The smallest absolute Gasteiger partial charge is 0.0973 e. The molecule has 0 aliphatic carbocycles. The van der Waals surface area contributed by atoms with Gasteiger partial charge in [-0.15, -0.1) is 0 Å². The third kappa shape index (κ3) is 4.65. The first kappa shape index (κ1) is 21.6. The van der Waals surface area contributed by atoms with Gasteiger partial charge in [-0.25, -0.2) is 9.97 Å². The molecule has 0 saturated carbocycles. The number of benzene rings is 5. The molecule has 0 aliphatic heterocycles. The van der Waals surface area contributed by atoms with Crippen LogP contribution in [0.1, 0.15) is 0 Å². The van der Waals surface area contributed by atoms with Gasteiger partial charge in [0, 0.05) is 33.9 Å². The van der Waals surface area contributed by atoms with Gasteiger partial charge in [-0.1, -0.05) is 72.8 Å². The average molecular weight is 465 g/mol. The molecule has 0 aliphatic rings. The second kappa shape index (κ2) is 9.72. The molecule has 0 fully saturated rings. The first-order chi connectivity index (χ1) is 17.8. The molecule has 6 aromatic rings. The first-order valence-electron chi connectivity index (χ1n) is 11.9. The molecule has 172 valence electrons. The minimum Gasteiger partial charge on any atom is -0.356 e. The van der Waals surface area contributed by atoms with Crippen molar-refractivity contribution in [3.8, 4) is 22.5 Å². The number of anilines is 4. The quantitative estimate of drug-likeness (QED) is 0.260. The molecular formula is C32H24N4. The zero-order valence-corrected chi connectivity index (χ0v) is 19.6. The fourth-order valence-corrected chi connectivity index (χ4v) is 4.20. The van der Waals surface area contributed by atoms with E-state index in [1.54, 1.807) is 0 Å². The minimum atomic E-state index is 0.865. The van der Waals surface area contributed by atoms with Gasteiger partial charge in [0.05, 0.1) is 22.4 Å². The van der Waals surface area contributed by atoms with Crippen molar-refractivity contribution in [1.29, 1.82) is 0 Å². The Morgan fingerprint density at radius 1 is 0.333 bits per heavy atom. The van der Waals surface area contributed by atoms with E-state index in [9.17, 15) is 0 Å². The van der Waals surface area contributed by atoms with Crippen LogP contribution in [-0.2, 0) is 0 Å². The van der Waals surface area contributed by atoms with E-state index in [1.807, 2.05) is 60.7 Å². The lowest BCUT2D eigenvalue weighted by Crippen LogP contribution is -1.96. The second-order valence-electron chi connectivity index (χ2n) is 8.55. The molecular weight excluding hydrogens is 440 g/mol. The molecule has 0 amide bonds. The lowest BCUT2D eigenvalue weighted by atomic mass is 10.0. The van der Waals surface area contributed by atoms with Crippen molar-refractivity contribution < 1.29 is 0 Å². The molecule has 36 heavy (non-hydrogen) atoms. The lowest BCUT2D eigenvalue weighted by molar-refractivity contribution is 1.29. The molecule has 0 spiro atoms. The number of hydrogen-bond donors (Lipinski definition) is 2. The van der Waals surface area contributed by atoms with Gasteiger partial charge in [-0.05, 0) is 60.7 Å². The number of nitrogens with zero attached hydrogens (tertiary/aromatic N) is 2. The molecule has 1 aromatic heterocycles. The van der Waals surface area contributed by atoms with Crippen LogP contribution in [0, 0.1) is 0 Å². The molecule has 0 radical (unpaired) electrons. The zero-order chi connectivity index (χ0) is 24.2. The van der Waals surface area contributed by atoms with E-state index in [0.29, 0.717) is 0 Å². The van der Waals surface area contributed by atoms with E-state index in [1.165, 1.54) is 0 Å². The Hall–Kier alpha value is -4.96. The lowest BCUT2D eigenvalue weighted by Gasteiger charge is -2.13. The highest BCUT2D eigenvalue weighted by Gasteiger charge is 2.13. The van der Waals surface area contributed by atoms with Gasteiger partial charge in [-0.2, -0.15) is 0 Å². The summed E-state index contributed by atoms with van der Waals surface area (Å²) in [5.41, 5.74) is 9.69. The maximum Gasteiger partial charge on any atom is 0.0973 e. The summed E-state index contributed by atoms with van der Waals surface area (Å²) in [5.74, 6) is 0. The van der Waals surface area contributed by atoms with Crippen molar-refractivity contribution in [2.75, 3.05) is 10.6 Å². The standard InChI is InChI=1S/C32H24N4/c1-3-9-25(10-4-1)33-27-19-15-23(16-20-27)31-32(36-30-14-8-7-13-29(30)35-31)24-17-21-28(22-18-24)34-26-11-5-2-6-12-26/h1-22,33-34H. The second-order valence-corrected chi connectivity index (χ2v) is 8.55. The predicted molar refractivity (Wildman–Crippen MR) is 150 cm³/mol. The molecule has 2 N–H and O–H groups in total. The molecule has 0 bridgehead atoms. The Morgan fingerprint density at radius 2 is 0.667 bits per heavy atom. The van der Waals surface area contributed by atoms with E-state index in [4.69, 9.17) is 9.97 Å². The molecule has 1 heterocycles. The normalized spacial score (nSPS) is 10.8. The maximum atomic E-state index is 5.03. The summed E-state index contributed by atoms with van der Waals surface area (Å²) in [7, 11) is 0. The highest BCUT2D eigenvalue weighted by molar-refractivity contribution is 5.87. The number of hydrogen-bond acceptors (Lipinski definition) is 4. The van der Waals surface area contributed by atoms with Crippen LogP contribution in [0.15, 0.2) is 133 Å². The molecule has 4 nitrogen and oxygen atoms in total. The highest BCUT2D eigenvalue weighted by atomic mass is 14.9. The van der Waals surface area contributed by atoms with E-state index in [2.05, 4.69) is 83.4 Å². The fourth-order valence-electron chi connectivity index (χ4n) is 4.20. The average Bonchev–Trinajstić information content (AvgIpc) is 2.94. The number of fused-ring (bicyclic) bond motifs is 1. The highest BCUT2D eigenvalue weighted by Crippen LogP contribution is 2.33. The Kier molecular flexibility index (Phi) is 5.83. The first-order valence-corrected chi connectivity index (χ1v) is 11.9. The summed E-state index contributed by atoms with van der Waals surface area (Å²) in [5, 5.41) is 6.88.